The van der Waals surface area contributed by atoms with Gasteiger partial charge < -0.3 is 4.74 Å². The fourth-order valence-electron chi connectivity index (χ4n) is 1.82. The number of nitrogens with one attached hydrogen (secondary N) is 1. The molecule has 1 N–H and O–H groups in total. The average Bonchev–Trinajstić information content (AvgIpc) is 2.96. The fourth-order valence-corrected chi connectivity index (χ4v) is 5.15. The van der Waals surface area contributed by atoms with Crippen LogP contribution in [0.15, 0.2) is 45.5 Å². The molecule has 2 aromatic rings. The van der Waals surface area contributed by atoms with E-state index >= 15 is 0 Å². The van der Waals surface area contributed by atoms with Gasteiger partial charge in [-0.2, -0.15) is 0 Å². The van der Waals surface area contributed by atoms with Gasteiger partial charge in [-0.15, -0.1) is 11.3 Å². The van der Waals surface area contributed by atoms with Crippen LogP contribution in [0.5, 0.6) is 0 Å². The lowest BCUT2D eigenvalue weighted by atomic mass is 10.3. The number of sulfonamides is 1. The molecule has 1 aromatic heterocycles. The molecule has 1 aromatic carbocycles. The molecule has 0 fully saturated rings. The number of anilines is 1. The molecule has 1 heterocycles. The van der Waals surface area contributed by atoms with Gasteiger partial charge in [-0.25, -0.2) is 21.6 Å². The van der Waals surface area contributed by atoms with E-state index in [4.69, 9.17) is 0 Å². The first-order valence-electron chi connectivity index (χ1n) is 6.14. The Kier molecular flexibility index (Phi) is 4.78. The Labute approximate surface area is 137 Å². The Bertz CT molecular complexity index is 944. The van der Waals surface area contributed by atoms with Gasteiger partial charge in [0.15, 0.2) is 9.84 Å². The minimum atomic E-state index is -4.14. The number of esters is 1. The molecule has 0 atom stereocenters. The van der Waals surface area contributed by atoms with Crippen LogP contribution in [-0.4, -0.2) is 36.2 Å². The van der Waals surface area contributed by atoms with Crippen LogP contribution in [0.1, 0.15) is 9.67 Å². The highest BCUT2D eigenvalue weighted by atomic mass is 32.2. The minimum absolute atomic E-state index is 0.0861. The SMILES string of the molecule is COC(=O)c1sccc1S(=O)(=O)Nc1ccccc1S(C)(=O)=O. The number of rotatable bonds is 5. The van der Waals surface area contributed by atoms with Gasteiger partial charge in [-0.05, 0) is 23.6 Å². The summed E-state index contributed by atoms with van der Waals surface area (Å²) in [5, 5.41) is 1.43. The summed E-state index contributed by atoms with van der Waals surface area (Å²) in [5.41, 5.74) is -0.0861. The lowest BCUT2D eigenvalue weighted by molar-refractivity contribution is 0.0602. The minimum Gasteiger partial charge on any atom is -0.465 e. The Morgan fingerprint density at radius 1 is 1.09 bits per heavy atom. The number of carbonyl (C=O) groups excluding carboxylic acids is 1. The molecule has 0 spiro atoms. The zero-order chi connectivity index (χ0) is 17.3. The smallest absolute Gasteiger partial charge is 0.349 e. The summed E-state index contributed by atoms with van der Waals surface area (Å²) in [6.07, 6.45) is 0.977. The molecule has 7 nitrogen and oxygen atoms in total. The van der Waals surface area contributed by atoms with Gasteiger partial charge in [-0.1, -0.05) is 12.1 Å². The van der Waals surface area contributed by atoms with Crippen LogP contribution in [0.3, 0.4) is 0 Å². The number of thiophene rings is 1. The first kappa shape index (κ1) is 17.4. The Hall–Kier alpha value is -1.91. The highest BCUT2D eigenvalue weighted by Crippen LogP contribution is 2.27. The van der Waals surface area contributed by atoms with Gasteiger partial charge in [-0.3, -0.25) is 4.72 Å². The van der Waals surface area contributed by atoms with Crippen molar-refractivity contribution in [2.45, 2.75) is 9.79 Å². The van der Waals surface area contributed by atoms with E-state index < -0.39 is 25.8 Å². The van der Waals surface area contributed by atoms with Gasteiger partial charge in [0, 0.05) is 6.26 Å². The van der Waals surface area contributed by atoms with E-state index in [1.54, 1.807) is 0 Å². The summed E-state index contributed by atoms with van der Waals surface area (Å²) < 4.78 is 55.2. The van der Waals surface area contributed by atoms with Crippen molar-refractivity contribution in [3.63, 3.8) is 0 Å². The number of benzene rings is 1. The summed E-state index contributed by atoms with van der Waals surface area (Å²) in [7, 11) is -6.62. The normalized spacial score (nSPS) is 11.9. The Morgan fingerprint density at radius 2 is 1.74 bits per heavy atom. The van der Waals surface area contributed by atoms with E-state index in [9.17, 15) is 21.6 Å². The van der Waals surface area contributed by atoms with Crippen molar-refractivity contribution in [3.8, 4) is 0 Å². The molecule has 124 valence electrons. The largest absolute Gasteiger partial charge is 0.465 e. The van der Waals surface area contributed by atoms with Crippen molar-refractivity contribution in [2.75, 3.05) is 18.1 Å². The second-order valence-corrected chi connectivity index (χ2v) is 9.03. The molecular weight excluding hydrogens is 362 g/mol. The zero-order valence-corrected chi connectivity index (χ0v) is 14.6. The van der Waals surface area contributed by atoms with Gasteiger partial charge in [0.05, 0.1) is 17.7 Å². The molecule has 0 amide bonds. The average molecular weight is 375 g/mol. The topological polar surface area (TPSA) is 107 Å². The molecule has 0 radical (unpaired) electrons. The molecule has 0 bridgehead atoms. The van der Waals surface area contributed by atoms with Crippen molar-refractivity contribution in [1.82, 2.24) is 0 Å². The highest BCUT2D eigenvalue weighted by Gasteiger charge is 2.26. The molecule has 0 aliphatic carbocycles. The standard InChI is InChI=1S/C13H13NO6S3/c1-20-13(15)12-11(7-8-21-12)23(18,19)14-9-5-3-4-6-10(9)22(2,16)17/h3-8,14H,1-2H3. The van der Waals surface area contributed by atoms with Crippen molar-refractivity contribution < 1.29 is 26.4 Å². The molecule has 0 aliphatic rings. The summed E-state index contributed by atoms with van der Waals surface area (Å²) in [6, 6.07) is 6.86. The molecular formula is C13H13NO6S3. The first-order valence-corrected chi connectivity index (χ1v) is 10.4. The second-order valence-electron chi connectivity index (χ2n) is 4.48. The molecule has 0 saturated heterocycles. The number of para-hydroxylation sites is 1. The fraction of sp³-hybridized carbons (Fsp3) is 0.154. The van der Waals surface area contributed by atoms with E-state index in [0.29, 0.717) is 0 Å². The zero-order valence-electron chi connectivity index (χ0n) is 12.1. The third kappa shape index (κ3) is 3.71. The summed E-state index contributed by atoms with van der Waals surface area (Å²) in [5.74, 6) is -0.781. The molecule has 23 heavy (non-hydrogen) atoms. The number of hydrogen-bond acceptors (Lipinski definition) is 7. The second kappa shape index (κ2) is 6.30. The lowest BCUT2D eigenvalue weighted by Crippen LogP contribution is -2.17. The van der Waals surface area contributed by atoms with Crippen molar-refractivity contribution in [1.29, 1.82) is 0 Å². The highest BCUT2D eigenvalue weighted by molar-refractivity contribution is 7.93. The van der Waals surface area contributed by atoms with Crippen molar-refractivity contribution in [3.05, 3.63) is 40.6 Å². The summed E-state index contributed by atoms with van der Waals surface area (Å²) in [4.78, 5) is 11.1. The first-order chi connectivity index (χ1) is 10.7. The molecule has 2 rings (SSSR count). The van der Waals surface area contributed by atoms with E-state index in [1.807, 2.05) is 0 Å². The molecule has 10 heteroatoms. The van der Waals surface area contributed by atoms with Crippen LogP contribution in [0, 0.1) is 0 Å². The number of sulfone groups is 1. The van der Waals surface area contributed by atoms with E-state index in [-0.39, 0.29) is 20.4 Å². The maximum Gasteiger partial charge on any atom is 0.349 e. The van der Waals surface area contributed by atoms with Crippen LogP contribution >= 0.6 is 11.3 Å². The Balaban J connectivity index is 2.49. The predicted molar refractivity (Wildman–Crippen MR) is 86.0 cm³/mol. The van der Waals surface area contributed by atoms with Crippen LogP contribution in [-0.2, 0) is 24.6 Å². The van der Waals surface area contributed by atoms with Gasteiger partial charge >= 0.3 is 5.97 Å². The molecule has 0 unspecified atom stereocenters. The molecule has 0 saturated carbocycles. The summed E-state index contributed by atoms with van der Waals surface area (Å²) in [6.45, 7) is 0. The van der Waals surface area contributed by atoms with E-state index in [2.05, 4.69) is 9.46 Å². The van der Waals surface area contributed by atoms with Crippen LogP contribution in [0.4, 0.5) is 5.69 Å². The Morgan fingerprint density at radius 3 is 2.35 bits per heavy atom. The van der Waals surface area contributed by atoms with Gasteiger partial charge in [0.1, 0.15) is 9.77 Å². The molecule has 0 aliphatic heterocycles. The number of methoxy groups -OCH3 is 1. The van der Waals surface area contributed by atoms with Crippen LogP contribution < -0.4 is 4.72 Å². The van der Waals surface area contributed by atoms with E-state index in [1.165, 1.54) is 35.7 Å². The maximum atomic E-state index is 12.5. The third-order valence-corrected chi connectivity index (χ3v) is 6.41. The van der Waals surface area contributed by atoms with Gasteiger partial charge in [0.2, 0.25) is 0 Å². The maximum absolute atomic E-state index is 12.5. The predicted octanol–water partition coefficient (Wildman–Crippen LogP) is 1.74. The number of ether oxygens (including phenoxy) is 1. The van der Waals surface area contributed by atoms with Gasteiger partial charge in [0.25, 0.3) is 10.0 Å². The number of hydrogen-bond donors (Lipinski definition) is 1. The lowest BCUT2D eigenvalue weighted by Gasteiger charge is -2.11. The van der Waals surface area contributed by atoms with Crippen LogP contribution in [0.2, 0.25) is 0 Å². The number of carbonyl (C=O) groups is 1. The summed E-state index contributed by atoms with van der Waals surface area (Å²) >= 11 is 0.917. The monoisotopic (exact) mass is 375 g/mol. The van der Waals surface area contributed by atoms with Crippen LogP contribution in [0.25, 0.3) is 0 Å². The van der Waals surface area contributed by atoms with Crippen molar-refractivity contribution >= 4 is 42.9 Å². The third-order valence-electron chi connectivity index (χ3n) is 2.82. The van der Waals surface area contributed by atoms with E-state index in [0.717, 1.165) is 24.7 Å². The quantitative estimate of drug-likeness (QED) is 0.798. The van der Waals surface area contributed by atoms with Crippen molar-refractivity contribution in [2.24, 2.45) is 0 Å².